The van der Waals surface area contributed by atoms with E-state index in [1.54, 1.807) is 6.07 Å². The summed E-state index contributed by atoms with van der Waals surface area (Å²) in [6.07, 6.45) is 6.12. The van der Waals surface area contributed by atoms with Gasteiger partial charge in [-0.3, -0.25) is 0 Å². The number of fused-ring (bicyclic) bond motifs is 1. The predicted molar refractivity (Wildman–Crippen MR) is 76.0 cm³/mol. The van der Waals surface area contributed by atoms with Crippen LogP contribution in [-0.2, 0) is 4.74 Å². The minimum atomic E-state index is -0.312. The van der Waals surface area contributed by atoms with Crippen molar-refractivity contribution in [3.8, 4) is 0 Å². The highest BCUT2D eigenvalue weighted by Gasteiger charge is 2.22. The first-order valence-electron chi connectivity index (χ1n) is 6.93. The first-order valence-corrected chi connectivity index (χ1v) is 6.93. The highest BCUT2D eigenvalue weighted by molar-refractivity contribution is 5.90. The normalized spacial score (nSPS) is 20.2. The van der Waals surface area contributed by atoms with Gasteiger partial charge in [0.05, 0.1) is 24.4 Å². The molecule has 3 rings (SSSR count). The summed E-state index contributed by atoms with van der Waals surface area (Å²) in [6.45, 7) is 2.20. The number of carbonyl (C=O) groups excluding carboxylic acids is 1. The molecule has 1 aliphatic rings. The molecule has 2 aromatic rings. The largest absolute Gasteiger partial charge is 0.465 e. The average Bonchev–Trinajstić information content (AvgIpc) is 2.89. The van der Waals surface area contributed by atoms with E-state index in [4.69, 9.17) is 4.74 Å². The number of carbonyl (C=O) groups is 1. The molecule has 0 spiro atoms. The number of imidazole rings is 1. The maximum Gasteiger partial charge on any atom is 0.337 e. The molecule has 0 radical (unpaired) electrons. The lowest BCUT2D eigenvalue weighted by molar-refractivity contribution is 0.0600. The zero-order valence-electron chi connectivity index (χ0n) is 11.9. The third-order valence-electron chi connectivity index (χ3n) is 3.97. The van der Waals surface area contributed by atoms with Crippen LogP contribution < -0.4 is 0 Å². The summed E-state index contributed by atoms with van der Waals surface area (Å²) < 4.78 is 6.83. The predicted octanol–water partition coefficient (Wildman–Crippen LogP) is 1.93. The Morgan fingerprint density at radius 2 is 2.35 bits per heavy atom. The van der Waals surface area contributed by atoms with Crippen molar-refractivity contribution in [3.05, 3.63) is 35.9 Å². The third-order valence-corrected chi connectivity index (χ3v) is 3.97. The Morgan fingerprint density at radius 1 is 1.50 bits per heavy atom. The Hall–Kier alpha value is -1.88. The van der Waals surface area contributed by atoms with Gasteiger partial charge >= 0.3 is 5.97 Å². The van der Waals surface area contributed by atoms with Crippen LogP contribution in [0.4, 0.5) is 0 Å². The number of nitrogens with zero attached hydrogens (tertiary/aromatic N) is 3. The van der Waals surface area contributed by atoms with E-state index in [-0.39, 0.29) is 5.97 Å². The fourth-order valence-electron chi connectivity index (χ4n) is 2.94. The van der Waals surface area contributed by atoms with E-state index in [1.165, 1.54) is 20.0 Å². The van der Waals surface area contributed by atoms with Gasteiger partial charge in [0, 0.05) is 18.7 Å². The maximum absolute atomic E-state index is 11.6. The lowest BCUT2D eigenvalue weighted by Crippen LogP contribution is -2.31. The summed E-state index contributed by atoms with van der Waals surface area (Å²) in [7, 11) is 3.55. The SMILES string of the molecule is COC(=O)c1ccn2c(C3CCCN(C)C3)ncc2c1. The second-order valence-corrected chi connectivity index (χ2v) is 5.42. The van der Waals surface area contributed by atoms with Gasteiger partial charge in [0.1, 0.15) is 5.82 Å². The number of rotatable bonds is 2. The Labute approximate surface area is 118 Å². The molecular formula is C15H19N3O2. The lowest BCUT2D eigenvalue weighted by atomic mass is 9.98. The number of ether oxygens (including phenoxy) is 1. The minimum absolute atomic E-state index is 0.312. The van der Waals surface area contributed by atoms with E-state index in [2.05, 4.69) is 21.3 Å². The molecule has 1 saturated heterocycles. The van der Waals surface area contributed by atoms with Gasteiger partial charge in [0.15, 0.2) is 0 Å². The minimum Gasteiger partial charge on any atom is -0.465 e. The molecule has 0 saturated carbocycles. The van der Waals surface area contributed by atoms with Crippen molar-refractivity contribution in [1.29, 1.82) is 0 Å². The van der Waals surface area contributed by atoms with Gasteiger partial charge < -0.3 is 14.0 Å². The molecular weight excluding hydrogens is 254 g/mol. The van der Waals surface area contributed by atoms with Crippen LogP contribution in [-0.4, -0.2) is 47.5 Å². The standard InChI is InChI=1S/C15H19N3O2/c1-17-6-3-4-12(10-17)14-16-9-13-8-11(15(19)20-2)5-7-18(13)14/h5,7-9,12H,3-4,6,10H2,1-2H3. The van der Waals surface area contributed by atoms with Crippen molar-refractivity contribution >= 4 is 11.5 Å². The molecule has 106 valence electrons. The van der Waals surface area contributed by atoms with Crippen LogP contribution >= 0.6 is 0 Å². The highest BCUT2D eigenvalue weighted by Crippen LogP contribution is 2.26. The van der Waals surface area contributed by atoms with Crippen molar-refractivity contribution in [1.82, 2.24) is 14.3 Å². The monoisotopic (exact) mass is 273 g/mol. The second-order valence-electron chi connectivity index (χ2n) is 5.42. The number of likely N-dealkylation sites (tertiary alicyclic amines) is 1. The van der Waals surface area contributed by atoms with Crippen LogP contribution in [0.5, 0.6) is 0 Å². The number of aromatic nitrogens is 2. The molecule has 0 N–H and O–H groups in total. The van der Waals surface area contributed by atoms with Crippen LogP contribution in [0.15, 0.2) is 24.5 Å². The molecule has 0 aliphatic carbocycles. The van der Waals surface area contributed by atoms with E-state index >= 15 is 0 Å². The van der Waals surface area contributed by atoms with Crippen molar-refractivity contribution < 1.29 is 9.53 Å². The van der Waals surface area contributed by atoms with Crippen LogP contribution in [0.2, 0.25) is 0 Å². The van der Waals surface area contributed by atoms with Gasteiger partial charge in [0.25, 0.3) is 0 Å². The average molecular weight is 273 g/mol. The smallest absolute Gasteiger partial charge is 0.337 e. The van der Waals surface area contributed by atoms with Crippen molar-refractivity contribution in [2.24, 2.45) is 0 Å². The van der Waals surface area contributed by atoms with Crippen molar-refractivity contribution in [3.63, 3.8) is 0 Å². The number of hydrogen-bond donors (Lipinski definition) is 0. The third kappa shape index (κ3) is 2.29. The topological polar surface area (TPSA) is 46.8 Å². The Balaban J connectivity index is 1.95. The summed E-state index contributed by atoms with van der Waals surface area (Å²) in [5.41, 5.74) is 1.50. The number of methoxy groups -OCH3 is 1. The maximum atomic E-state index is 11.6. The molecule has 1 unspecified atom stereocenters. The van der Waals surface area contributed by atoms with Gasteiger partial charge in [-0.25, -0.2) is 9.78 Å². The zero-order valence-corrected chi connectivity index (χ0v) is 11.9. The molecule has 5 heteroatoms. The lowest BCUT2D eigenvalue weighted by Gasteiger charge is -2.28. The highest BCUT2D eigenvalue weighted by atomic mass is 16.5. The molecule has 3 heterocycles. The summed E-state index contributed by atoms with van der Waals surface area (Å²) in [4.78, 5) is 18.5. The quantitative estimate of drug-likeness (QED) is 0.784. The molecule has 2 aromatic heterocycles. The first kappa shape index (κ1) is 13.1. The van der Waals surface area contributed by atoms with Gasteiger partial charge in [-0.15, -0.1) is 0 Å². The fraction of sp³-hybridized carbons (Fsp3) is 0.467. The number of piperidine rings is 1. The Morgan fingerprint density at radius 3 is 3.10 bits per heavy atom. The Kier molecular flexibility index (Phi) is 3.44. The van der Waals surface area contributed by atoms with Gasteiger partial charge in [-0.1, -0.05) is 0 Å². The van der Waals surface area contributed by atoms with Crippen molar-refractivity contribution in [2.45, 2.75) is 18.8 Å². The summed E-state index contributed by atoms with van der Waals surface area (Å²) in [5, 5.41) is 0. The molecule has 0 bridgehead atoms. The van der Waals surface area contributed by atoms with E-state index in [0.717, 1.165) is 24.4 Å². The van der Waals surface area contributed by atoms with Gasteiger partial charge in [-0.05, 0) is 38.6 Å². The van der Waals surface area contributed by atoms with Crippen LogP contribution in [0.25, 0.3) is 5.52 Å². The van der Waals surface area contributed by atoms with Crippen molar-refractivity contribution in [2.75, 3.05) is 27.2 Å². The van der Waals surface area contributed by atoms with E-state index in [0.29, 0.717) is 11.5 Å². The van der Waals surface area contributed by atoms with E-state index in [9.17, 15) is 4.79 Å². The molecule has 1 aliphatic heterocycles. The summed E-state index contributed by atoms with van der Waals surface area (Å²) in [5.74, 6) is 1.23. The van der Waals surface area contributed by atoms with Gasteiger partial charge in [-0.2, -0.15) is 0 Å². The first-order chi connectivity index (χ1) is 9.69. The second kappa shape index (κ2) is 5.25. The molecule has 0 aromatic carbocycles. The number of likely N-dealkylation sites (N-methyl/N-ethyl adjacent to an activating group) is 1. The number of pyridine rings is 1. The van der Waals surface area contributed by atoms with E-state index < -0.39 is 0 Å². The molecule has 1 fully saturated rings. The molecule has 20 heavy (non-hydrogen) atoms. The molecule has 5 nitrogen and oxygen atoms in total. The van der Waals surface area contributed by atoms with Crippen LogP contribution in [0.1, 0.15) is 34.9 Å². The molecule has 1 atom stereocenters. The molecule has 0 amide bonds. The number of esters is 1. The summed E-state index contributed by atoms with van der Waals surface area (Å²) in [6, 6.07) is 3.62. The zero-order chi connectivity index (χ0) is 14.1. The summed E-state index contributed by atoms with van der Waals surface area (Å²) >= 11 is 0. The Bertz CT molecular complexity index is 635. The van der Waals surface area contributed by atoms with Crippen LogP contribution in [0, 0.1) is 0 Å². The fourth-order valence-corrected chi connectivity index (χ4v) is 2.94. The van der Waals surface area contributed by atoms with Crippen LogP contribution in [0.3, 0.4) is 0 Å². The number of hydrogen-bond acceptors (Lipinski definition) is 4. The van der Waals surface area contributed by atoms with E-state index in [1.807, 2.05) is 18.5 Å². The van der Waals surface area contributed by atoms with Gasteiger partial charge in [0.2, 0.25) is 0 Å².